The van der Waals surface area contributed by atoms with Gasteiger partial charge in [0.15, 0.2) is 0 Å². The van der Waals surface area contributed by atoms with Crippen molar-refractivity contribution in [1.82, 2.24) is 9.88 Å². The fraction of sp³-hybridized carbons (Fsp3) is 0.375. The van der Waals surface area contributed by atoms with Crippen LogP contribution in [-0.4, -0.2) is 10.6 Å². The van der Waals surface area contributed by atoms with Crippen LogP contribution in [0.15, 0.2) is 42.7 Å². The Bertz CT molecular complexity index is 502. The fourth-order valence-electron chi connectivity index (χ4n) is 2.13. The Labute approximate surface area is 120 Å². The molecule has 0 amide bonds. The fourth-order valence-corrected chi connectivity index (χ4v) is 2.26. The number of aryl methyl sites for hydroxylation is 1. The van der Waals surface area contributed by atoms with Gasteiger partial charge in [-0.1, -0.05) is 23.7 Å². The molecule has 0 aliphatic carbocycles. The summed E-state index contributed by atoms with van der Waals surface area (Å²) >= 11 is 5.89. The van der Waals surface area contributed by atoms with Crippen LogP contribution in [0.2, 0.25) is 5.02 Å². The van der Waals surface area contributed by atoms with Gasteiger partial charge in [-0.05, 0) is 49.6 Å². The van der Waals surface area contributed by atoms with Gasteiger partial charge in [0.2, 0.25) is 0 Å². The summed E-state index contributed by atoms with van der Waals surface area (Å²) in [6, 6.07) is 10.7. The summed E-state index contributed by atoms with van der Waals surface area (Å²) in [4.78, 5) is 0. The zero-order valence-corrected chi connectivity index (χ0v) is 12.3. The number of halogens is 1. The molecule has 19 heavy (non-hydrogen) atoms. The van der Waals surface area contributed by atoms with Crippen molar-refractivity contribution >= 4 is 11.6 Å². The minimum atomic E-state index is 0.450. The Morgan fingerprint density at radius 2 is 1.89 bits per heavy atom. The number of rotatable bonds is 6. The predicted octanol–water partition coefficient (Wildman–Crippen LogP) is 3.88. The molecule has 2 aromatic rings. The van der Waals surface area contributed by atoms with Gasteiger partial charge in [-0.3, -0.25) is 0 Å². The first-order valence-corrected chi connectivity index (χ1v) is 7.17. The van der Waals surface area contributed by atoms with E-state index in [1.807, 2.05) is 12.1 Å². The molecule has 0 aliphatic rings. The van der Waals surface area contributed by atoms with Crippen LogP contribution in [-0.2, 0) is 19.5 Å². The van der Waals surface area contributed by atoms with E-state index in [2.05, 4.69) is 54.3 Å². The molecule has 1 N–H and O–H groups in total. The van der Waals surface area contributed by atoms with E-state index in [9.17, 15) is 0 Å². The van der Waals surface area contributed by atoms with E-state index in [0.717, 1.165) is 24.5 Å². The van der Waals surface area contributed by atoms with E-state index in [4.69, 9.17) is 11.6 Å². The smallest absolute Gasteiger partial charge is 0.0406 e. The monoisotopic (exact) mass is 276 g/mol. The molecule has 102 valence electrons. The summed E-state index contributed by atoms with van der Waals surface area (Å²) in [6.07, 6.45) is 5.34. The van der Waals surface area contributed by atoms with Crippen LogP contribution < -0.4 is 5.32 Å². The van der Waals surface area contributed by atoms with Gasteiger partial charge in [-0.25, -0.2) is 0 Å². The van der Waals surface area contributed by atoms with E-state index in [1.165, 1.54) is 11.1 Å². The molecule has 0 bridgehead atoms. The molecular formula is C16H21ClN2. The highest BCUT2D eigenvalue weighted by atomic mass is 35.5. The SMILES string of the molecule is CCn1ccc(CNC(C)Cc2ccc(Cl)cc2)c1. The van der Waals surface area contributed by atoms with Crippen molar-refractivity contribution in [2.45, 2.75) is 39.4 Å². The summed E-state index contributed by atoms with van der Waals surface area (Å²) in [5.74, 6) is 0. The third-order valence-corrected chi connectivity index (χ3v) is 3.54. The zero-order chi connectivity index (χ0) is 13.7. The standard InChI is InChI=1S/C16H21ClN2/c1-3-19-9-8-15(12-19)11-18-13(2)10-14-4-6-16(17)7-5-14/h4-9,12-13,18H,3,10-11H2,1-2H3. The second-order valence-electron chi connectivity index (χ2n) is 4.96. The molecule has 0 saturated carbocycles. The quantitative estimate of drug-likeness (QED) is 0.847. The zero-order valence-electron chi connectivity index (χ0n) is 11.6. The third kappa shape index (κ3) is 4.41. The van der Waals surface area contributed by atoms with E-state index < -0.39 is 0 Å². The molecule has 1 atom stereocenters. The highest BCUT2D eigenvalue weighted by Crippen LogP contribution is 2.11. The second-order valence-corrected chi connectivity index (χ2v) is 5.40. The van der Waals surface area contributed by atoms with Gasteiger partial charge in [0.05, 0.1) is 0 Å². The number of nitrogens with one attached hydrogen (secondary N) is 1. The molecule has 0 saturated heterocycles. The molecule has 3 heteroatoms. The molecule has 1 aromatic heterocycles. The summed E-state index contributed by atoms with van der Waals surface area (Å²) < 4.78 is 2.20. The highest BCUT2D eigenvalue weighted by Gasteiger charge is 2.04. The number of benzene rings is 1. The number of hydrogen-bond donors (Lipinski definition) is 1. The van der Waals surface area contributed by atoms with Gasteiger partial charge in [-0.15, -0.1) is 0 Å². The van der Waals surface area contributed by atoms with Crippen molar-refractivity contribution in [2.75, 3.05) is 0 Å². The lowest BCUT2D eigenvalue weighted by molar-refractivity contribution is 0.545. The molecule has 1 unspecified atom stereocenters. The Morgan fingerprint density at radius 1 is 1.16 bits per heavy atom. The largest absolute Gasteiger partial charge is 0.354 e. The minimum Gasteiger partial charge on any atom is -0.354 e. The van der Waals surface area contributed by atoms with Crippen LogP contribution in [0.1, 0.15) is 25.0 Å². The van der Waals surface area contributed by atoms with Crippen LogP contribution in [0.4, 0.5) is 0 Å². The first-order valence-electron chi connectivity index (χ1n) is 6.80. The minimum absolute atomic E-state index is 0.450. The molecule has 1 aromatic carbocycles. The topological polar surface area (TPSA) is 17.0 Å². The number of aromatic nitrogens is 1. The lowest BCUT2D eigenvalue weighted by Crippen LogP contribution is -2.27. The van der Waals surface area contributed by atoms with E-state index in [0.29, 0.717) is 6.04 Å². The van der Waals surface area contributed by atoms with Crippen molar-refractivity contribution in [2.24, 2.45) is 0 Å². The van der Waals surface area contributed by atoms with Crippen LogP contribution in [0.5, 0.6) is 0 Å². The maximum atomic E-state index is 5.89. The normalized spacial score (nSPS) is 12.6. The number of nitrogens with zero attached hydrogens (tertiary/aromatic N) is 1. The molecule has 0 fully saturated rings. The average molecular weight is 277 g/mol. The van der Waals surface area contributed by atoms with Gasteiger partial charge in [-0.2, -0.15) is 0 Å². The van der Waals surface area contributed by atoms with Crippen LogP contribution >= 0.6 is 11.6 Å². The summed E-state index contributed by atoms with van der Waals surface area (Å²) in [5, 5.41) is 4.35. The molecule has 0 spiro atoms. The van der Waals surface area contributed by atoms with Crippen molar-refractivity contribution in [3.8, 4) is 0 Å². The molecule has 2 nitrogen and oxygen atoms in total. The Hall–Kier alpha value is -1.25. The average Bonchev–Trinajstić information content (AvgIpc) is 2.87. The lowest BCUT2D eigenvalue weighted by atomic mass is 10.1. The molecule has 2 rings (SSSR count). The Kier molecular flexibility index (Phi) is 5.06. The highest BCUT2D eigenvalue weighted by molar-refractivity contribution is 6.30. The summed E-state index contributed by atoms with van der Waals surface area (Å²) in [5.41, 5.74) is 2.65. The van der Waals surface area contributed by atoms with Crippen LogP contribution in [0.25, 0.3) is 0 Å². The Morgan fingerprint density at radius 3 is 2.53 bits per heavy atom. The molecule has 1 heterocycles. The summed E-state index contributed by atoms with van der Waals surface area (Å²) in [7, 11) is 0. The van der Waals surface area contributed by atoms with Crippen molar-refractivity contribution in [3.63, 3.8) is 0 Å². The number of hydrogen-bond acceptors (Lipinski definition) is 1. The van der Waals surface area contributed by atoms with Gasteiger partial charge < -0.3 is 9.88 Å². The van der Waals surface area contributed by atoms with Crippen molar-refractivity contribution < 1.29 is 0 Å². The first kappa shape index (κ1) is 14.2. The van der Waals surface area contributed by atoms with E-state index in [1.54, 1.807) is 0 Å². The second kappa shape index (κ2) is 6.78. The maximum Gasteiger partial charge on any atom is 0.0406 e. The van der Waals surface area contributed by atoms with E-state index >= 15 is 0 Å². The molecular weight excluding hydrogens is 256 g/mol. The molecule has 0 aliphatic heterocycles. The van der Waals surface area contributed by atoms with Crippen LogP contribution in [0.3, 0.4) is 0 Å². The molecule has 0 radical (unpaired) electrons. The van der Waals surface area contributed by atoms with Crippen LogP contribution in [0, 0.1) is 0 Å². The maximum absolute atomic E-state index is 5.89. The summed E-state index contributed by atoms with van der Waals surface area (Å²) in [6.45, 7) is 6.31. The van der Waals surface area contributed by atoms with Gasteiger partial charge in [0.1, 0.15) is 0 Å². The lowest BCUT2D eigenvalue weighted by Gasteiger charge is -2.13. The van der Waals surface area contributed by atoms with Gasteiger partial charge in [0.25, 0.3) is 0 Å². The predicted molar refractivity (Wildman–Crippen MR) is 81.6 cm³/mol. The Balaban J connectivity index is 1.81. The van der Waals surface area contributed by atoms with Gasteiger partial charge in [0, 0.05) is 36.5 Å². The van der Waals surface area contributed by atoms with Crippen molar-refractivity contribution in [1.29, 1.82) is 0 Å². The van der Waals surface area contributed by atoms with Gasteiger partial charge >= 0.3 is 0 Å². The van der Waals surface area contributed by atoms with Crippen molar-refractivity contribution in [3.05, 3.63) is 58.9 Å². The third-order valence-electron chi connectivity index (χ3n) is 3.29. The first-order chi connectivity index (χ1) is 9.17. The van der Waals surface area contributed by atoms with E-state index in [-0.39, 0.29) is 0 Å².